The molecule has 1 amide bonds. The average Bonchev–Trinajstić information content (AvgIpc) is 2.66. The van der Waals surface area contributed by atoms with Crippen molar-refractivity contribution in [3.8, 4) is 6.07 Å². The van der Waals surface area contributed by atoms with Crippen LogP contribution in [0.15, 0.2) is 35.4 Å². The van der Waals surface area contributed by atoms with Crippen molar-refractivity contribution in [2.75, 3.05) is 36.8 Å². The summed E-state index contributed by atoms with van der Waals surface area (Å²) in [4.78, 5) is 20.7. The summed E-state index contributed by atoms with van der Waals surface area (Å²) in [6, 6.07) is 10.7. The van der Waals surface area contributed by atoms with Gasteiger partial charge < -0.3 is 9.80 Å². The van der Waals surface area contributed by atoms with Gasteiger partial charge in [0.25, 0.3) is 0 Å². The van der Waals surface area contributed by atoms with Crippen molar-refractivity contribution in [2.45, 2.75) is 18.9 Å². The van der Waals surface area contributed by atoms with Crippen LogP contribution in [-0.2, 0) is 4.79 Å². The van der Waals surface area contributed by atoms with E-state index in [0.29, 0.717) is 42.5 Å². The van der Waals surface area contributed by atoms with Crippen molar-refractivity contribution < 1.29 is 9.18 Å². The minimum Gasteiger partial charge on any atom is -0.366 e. The Bertz CT molecular complexity index is 888. The summed E-state index contributed by atoms with van der Waals surface area (Å²) >= 11 is 1.30. The molecule has 1 aliphatic heterocycles. The molecule has 1 aromatic heterocycles. The van der Waals surface area contributed by atoms with Gasteiger partial charge in [0.05, 0.1) is 17.0 Å². The number of amides is 1. The zero-order valence-electron chi connectivity index (χ0n) is 15.4. The minimum atomic E-state index is -0.238. The highest BCUT2D eigenvalue weighted by atomic mass is 32.2. The number of carbonyl (C=O) groups is 1. The molecule has 0 saturated carbocycles. The number of para-hydroxylation sites is 1. The van der Waals surface area contributed by atoms with Crippen molar-refractivity contribution >= 4 is 23.4 Å². The lowest BCUT2D eigenvalue weighted by molar-refractivity contribution is -0.128. The van der Waals surface area contributed by atoms with Gasteiger partial charge in [0, 0.05) is 31.9 Å². The van der Waals surface area contributed by atoms with Crippen molar-refractivity contribution in [1.82, 2.24) is 9.88 Å². The molecule has 27 heavy (non-hydrogen) atoms. The lowest BCUT2D eigenvalue weighted by Crippen LogP contribution is -2.49. The number of aryl methyl sites for hydroxylation is 2. The van der Waals surface area contributed by atoms with E-state index in [-0.39, 0.29) is 17.5 Å². The van der Waals surface area contributed by atoms with Crippen LogP contribution in [0, 0.1) is 31.0 Å². The van der Waals surface area contributed by atoms with Crippen LogP contribution in [0.5, 0.6) is 0 Å². The fraction of sp³-hybridized carbons (Fsp3) is 0.350. The number of thioether (sulfide) groups is 1. The van der Waals surface area contributed by atoms with Crippen LogP contribution in [0.1, 0.15) is 16.8 Å². The lowest BCUT2D eigenvalue weighted by Gasteiger charge is -2.36. The molecule has 5 nitrogen and oxygen atoms in total. The number of hydrogen-bond acceptors (Lipinski definition) is 5. The predicted octanol–water partition coefficient (Wildman–Crippen LogP) is 3.15. The number of halogens is 1. The van der Waals surface area contributed by atoms with Gasteiger partial charge in [-0.1, -0.05) is 23.9 Å². The van der Waals surface area contributed by atoms with Crippen molar-refractivity contribution in [3.05, 3.63) is 53.0 Å². The minimum absolute atomic E-state index is 0.0121. The van der Waals surface area contributed by atoms with Gasteiger partial charge in [-0.05, 0) is 37.6 Å². The molecule has 0 unspecified atom stereocenters. The van der Waals surface area contributed by atoms with E-state index in [9.17, 15) is 14.4 Å². The molecule has 0 atom stereocenters. The molecule has 140 valence electrons. The van der Waals surface area contributed by atoms with Gasteiger partial charge in [0.2, 0.25) is 5.91 Å². The molecule has 0 spiro atoms. The van der Waals surface area contributed by atoms with E-state index in [1.807, 2.05) is 30.9 Å². The Balaban J connectivity index is 1.58. The SMILES string of the molecule is Cc1cc(C)c(C#N)c(SCC(=O)N2CCN(c3ccccc3F)CC2)n1. The number of aromatic nitrogens is 1. The van der Waals surface area contributed by atoms with E-state index < -0.39 is 0 Å². The van der Waals surface area contributed by atoms with Crippen molar-refractivity contribution in [3.63, 3.8) is 0 Å². The average molecular weight is 384 g/mol. The van der Waals surface area contributed by atoms with Gasteiger partial charge in [0.1, 0.15) is 16.9 Å². The number of anilines is 1. The number of rotatable bonds is 4. The highest BCUT2D eigenvalue weighted by Gasteiger charge is 2.23. The predicted molar refractivity (Wildman–Crippen MR) is 104 cm³/mol. The summed E-state index contributed by atoms with van der Waals surface area (Å²) in [5, 5.41) is 9.93. The molecule has 1 saturated heterocycles. The molecular weight excluding hydrogens is 363 g/mol. The number of nitriles is 1. The first-order valence-corrected chi connectivity index (χ1v) is 9.76. The van der Waals surface area contributed by atoms with Gasteiger partial charge in [-0.15, -0.1) is 0 Å². The largest absolute Gasteiger partial charge is 0.366 e. The third-order valence-electron chi connectivity index (χ3n) is 4.58. The first kappa shape index (κ1) is 19.2. The Morgan fingerprint density at radius 1 is 1.26 bits per heavy atom. The standard InChI is InChI=1S/C20H21FN4OS/c1-14-11-15(2)23-20(16(14)12-22)27-13-19(26)25-9-7-24(8-10-25)18-6-4-3-5-17(18)21/h3-6,11H,7-10,13H2,1-2H3. The molecule has 0 radical (unpaired) electrons. The van der Waals surface area contributed by atoms with E-state index in [2.05, 4.69) is 11.1 Å². The zero-order chi connectivity index (χ0) is 19.4. The highest BCUT2D eigenvalue weighted by Crippen LogP contribution is 2.25. The summed E-state index contributed by atoms with van der Waals surface area (Å²) in [6.45, 7) is 6.06. The molecule has 2 heterocycles. The summed E-state index contributed by atoms with van der Waals surface area (Å²) < 4.78 is 13.9. The Morgan fingerprint density at radius 2 is 1.96 bits per heavy atom. The summed E-state index contributed by atoms with van der Waals surface area (Å²) in [6.07, 6.45) is 0. The van der Waals surface area contributed by atoms with Crippen LogP contribution in [0.25, 0.3) is 0 Å². The van der Waals surface area contributed by atoms with Gasteiger partial charge in [-0.2, -0.15) is 5.26 Å². The van der Waals surface area contributed by atoms with Gasteiger partial charge in [0.15, 0.2) is 0 Å². The Labute approximate surface area is 162 Å². The topological polar surface area (TPSA) is 60.2 Å². The van der Waals surface area contributed by atoms with E-state index in [4.69, 9.17) is 0 Å². The van der Waals surface area contributed by atoms with Crippen LogP contribution in [0.4, 0.5) is 10.1 Å². The highest BCUT2D eigenvalue weighted by molar-refractivity contribution is 8.00. The number of benzene rings is 1. The fourth-order valence-electron chi connectivity index (χ4n) is 3.17. The number of hydrogen-bond donors (Lipinski definition) is 0. The van der Waals surface area contributed by atoms with Crippen molar-refractivity contribution in [1.29, 1.82) is 5.26 Å². The molecule has 0 bridgehead atoms. The Morgan fingerprint density at radius 3 is 2.63 bits per heavy atom. The summed E-state index contributed by atoms with van der Waals surface area (Å²) in [5.74, 6) is 0.0142. The smallest absolute Gasteiger partial charge is 0.233 e. The van der Waals surface area contributed by atoms with Crippen LogP contribution in [-0.4, -0.2) is 47.7 Å². The van der Waals surface area contributed by atoms with Gasteiger partial charge in [-0.25, -0.2) is 9.37 Å². The molecule has 0 aliphatic carbocycles. The number of carbonyl (C=O) groups excluding carboxylic acids is 1. The Hall–Kier alpha value is -2.59. The molecule has 0 N–H and O–H groups in total. The van der Waals surface area contributed by atoms with Crippen molar-refractivity contribution in [2.24, 2.45) is 0 Å². The lowest BCUT2D eigenvalue weighted by atomic mass is 10.1. The number of piperazine rings is 1. The molecule has 2 aromatic rings. The normalized spacial score (nSPS) is 14.1. The summed E-state index contributed by atoms with van der Waals surface area (Å²) in [7, 11) is 0. The number of pyridine rings is 1. The molecule has 1 aliphatic rings. The molecule has 7 heteroatoms. The summed E-state index contributed by atoms with van der Waals surface area (Å²) in [5.41, 5.74) is 2.82. The first-order valence-electron chi connectivity index (χ1n) is 8.78. The zero-order valence-corrected chi connectivity index (χ0v) is 16.2. The quantitative estimate of drug-likeness (QED) is 0.758. The third-order valence-corrected chi connectivity index (χ3v) is 5.54. The fourth-order valence-corrected chi connectivity index (χ4v) is 4.17. The maximum absolute atomic E-state index is 13.9. The molecular formula is C20H21FN4OS. The van der Waals surface area contributed by atoms with Gasteiger partial charge >= 0.3 is 0 Å². The molecule has 3 rings (SSSR count). The van der Waals surface area contributed by atoms with E-state index in [1.165, 1.54) is 17.8 Å². The second-order valence-corrected chi connectivity index (χ2v) is 7.44. The molecule has 1 fully saturated rings. The van der Waals surface area contributed by atoms with Crippen LogP contribution < -0.4 is 4.90 Å². The van der Waals surface area contributed by atoms with Crippen LogP contribution in [0.3, 0.4) is 0 Å². The van der Waals surface area contributed by atoms with E-state index >= 15 is 0 Å². The maximum atomic E-state index is 13.9. The first-order chi connectivity index (χ1) is 13.0. The van der Waals surface area contributed by atoms with E-state index in [0.717, 1.165) is 11.3 Å². The number of nitrogens with zero attached hydrogens (tertiary/aromatic N) is 4. The molecule has 1 aromatic carbocycles. The Kier molecular flexibility index (Phi) is 5.97. The maximum Gasteiger partial charge on any atom is 0.233 e. The second-order valence-electron chi connectivity index (χ2n) is 6.48. The van der Waals surface area contributed by atoms with Gasteiger partial charge in [-0.3, -0.25) is 4.79 Å². The van der Waals surface area contributed by atoms with Crippen LogP contribution in [0.2, 0.25) is 0 Å². The van der Waals surface area contributed by atoms with E-state index in [1.54, 1.807) is 17.0 Å². The van der Waals surface area contributed by atoms with Crippen LogP contribution >= 0.6 is 11.8 Å². The third kappa shape index (κ3) is 4.40. The monoisotopic (exact) mass is 384 g/mol. The second kappa shape index (κ2) is 8.40.